The monoisotopic (exact) mass is 364 g/mol. The lowest BCUT2D eigenvalue weighted by atomic mass is 10.0. The molecule has 27 heavy (non-hydrogen) atoms. The standard InChI is InChI=1S/C23H28N2O2/c1-4-16-10-7-8-13-20(16)25-15-19(14-21(25)26)23(27)24-22-17(5-2)11-9-12-18(22)6-3/h7-13,19H,4-6,14-15H2,1-3H3,(H,24,27). The van der Waals surface area contributed by atoms with Crippen LogP contribution in [0.15, 0.2) is 42.5 Å². The minimum atomic E-state index is -0.322. The molecule has 142 valence electrons. The van der Waals surface area contributed by atoms with E-state index in [1.807, 2.05) is 30.3 Å². The van der Waals surface area contributed by atoms with E-state index in [4.69, 9.17) is 0 Å². The van der Waals surface area contributed by atoms with Gasteiger partial charge >= 0.3 is 0 Å². The summed E-state index contributed by atoms with van der Waals surface area (Å²) in [5.74, 6) is -0.358. The normalized spacial score (nSPS) is 16.6. The molecule has 1 N–H and O–H groups in total. The number of carbonyl (C=O) groups is 2. The van der Waals surface area contributed by atoms with E-state index in [0.717, 1.165) is 47.3 Å². The number of benzene rings is 2. The third kappa shape index (κ3) is 3.90. The minimum absolute atomic E-state index is 0.0236. The van der Waals surface area contributed by atoms with Crippen LogP contribution in [0.4, 0.5) is 11.4 Å². The Morgan fingerprint density at radius 2 is 1.56 bits per heavy atom. The summed E-state index contributed by atoms with van der Waals surface area (Å²) in [4.78, 5) is 27.3. The third-order valence-corrected chi connectivity index (χ3v) is 5.41. The first-order chi connectivity index (χ1) is 13.1. The van der Waals surface area contributed by atoms with E-state index < -0.39 is 0 Å². The quantitative estimate of drug-likeness (QED) is 0.828. The summed E-state index contributed by atoms with van der Waals surface area (Å²) in [6.45, 7) is 6.70. The Morgan fingerprint density at radius 3 is 2.19 bits per heavy atom. The Morgan fingerprint density at radius 1 is 0.963 bits per heavy atom. The molecule has 0 bridgehead atoms. The summed E-state index contributed by atoms with van der Waals surface area (Å²) in [5, 5.41) is 3.13. The van der Waals surface area contributed by atoms with Gasteiger partial charge in [0.2, 0.25) is 11.8 Å². The predicted molar refractivity (Wildman–Crippen MR) is 110 cm³/mol. The third-order valence-electron chi connectivity index (χ3n) is 5.41. The smallest absolute Gasteiger partial charge is 0.229 e. The first-order valence-corrected chi connectivity index (χ1v) is 9.88. The van der Waals surface area contributed by atoms with Crippen LogP contribution in [0, 0.1) is 5.92 Å². The molecule has 0 aliphatic carbocycles. The highest BCUT2D eigenvalue weighted by Gasteiger charge is 2.36. The molecule has 1 unspecified atom stereocenters. The van der Waals surface area contributed by atoms with E-state index >= 15 is 0 Å². The van der Waals surface area contributed by atoms with E-state index in [1.54, 1.807) is 4.90 Å². The maximum absolute atomic E-state index is 12.9. The Bertz CT molecular complexity index is 822. The van der Waals surface area contributed by atoms with Gasteiger partial charge in [0.15, 0.2) is 0 Å². The maximum atomic E-state index is 12.9. The molecular formula is C23H28N2O2. The van der Waals surface area contributed by atoms with Crippen molar-refractivity contribution in [1.82, 2.24) is 0 Å². The van der Waals surface area contributed by atoms with Gasteiger partial charge in [-0.05, 0) is 42.0 Å². The second-order valence-electron chi connectivity index (χ2n) is 7.04. The Labute approximate surface area is 161 Å². The van der Waals surface area contributed by atoms with Crippen LogP contribution in [0.1, 0.15) is 43.9 Å². The Kier molecular flexibility index (Phi) is 5.94. The maximum Gasteiger partial charge on any atom is 0.229 e. The summed E-state index contributed by atoms with van der Waals surface area (Å²) in [7, 11) is 0. The molecule has 1 atom stereocenters. The molecule has 4 nitrogen and oxygen atoms in total. The molecule has 2 aromatic rings. The second kappa shape index (κ2) is 8.38. The van der Waals surface area contributed by atoms with Crippen LogP contribution < -0.4 is 10.2 Å². The average Bonchev–Trinajstić information content (AvgIpc) is 3.09. The van der Waals surface area contributed by atoms with Gasteiger partial charge in [-0.3, -0.25) is 9.59 Å². The predicted octanol–water partition coefficient (Wildman–Crippen LogP) is 4.37. The van der Waals surface area contributed by atoms with Gasteiger partial charge in [0.05, 0.1) is 5.92 Å². The summed E-state index contributed by atoms with van der Waals surface area (Å²) in [6.07, 6.45) is 2.85. The highest BCUT2D eigenvalue weighted by atomic mass is 16.2. The van der Waals surface area contributed by atoms with Crippen molar-refractivity contribution in [1.29, 1.82) is 0 Å². The number of hydrogen-bond donors (Lipinski definition) is 1. The SMILES string of the molecule is CCc1ccccc1N1CC(C(=O)Nc2c(CC)cccc2CC)CC1=O. The topological polar surface area (TPSA) is 49.4 Å². The van der Waals surface area contributed by atoms with Crippen molar-refractivity contribution >= 4 is 23.2 Å². The molecule has 2 amide bonds. The average molecular weight is 364 g/mol. The fraction of sp³-hybridized carbons (Fsp3) is 0.391. The van der Waals surface area contributed by atoms with Crippen molar-refractivity contribution in [2.75, 3.05) is 16.8 Å². The zero-order valence-corrected chi connectivity index (χ0v) is 16.4. The number of hydrogen-bond acceptors (Lipinski definition) is 2. The molecule has 1 heterocycles. The molecule has 0 spiro atoms. The molecule has 0 aromatic heterocycles. The summed E-state index contributed by atoms with van der Waals surface area (Å²) in [6, 6.07) is 14.1. The molecule has 0 radical (unpaired) electrons. The van der Waals surface area contributed by atoms with Gasteiger partial charge in [-0.2, -0.15) is 0 Å². The van der Waals surface area contributed by atoms with Crippen molar-refractivity contribution in [2.24, 2.45) is 5.92 Å². The van der Waals surface area contributed by atoms with E-state index in [2.05, 4.69) is 38.2 Å². The number of anilines is 2. The van der Waals surface area contributed by atoms with E-state index in [0.29, 0.717) is 6.54 Å². The lowest BCUT2D eigenvalue weighted by Crippen LogP contribution is -2.29. The van der Waals surface area contributed by atoms with Gasteiger partial charge in [-0.1, -0.05) is 57.2 Å². The molecule has 3 rings (SSSR count). The van der Waals surface area contributed by atoms with Gasteiger partial charge < -0.3 is 10.2 Å². The first-order valence-electron chi connectivity index (χ1n) is 9.88. The molecule has 1 aliphatic heterocycles. The number of nitrogens with zero attached hydrogens (tertiary/aromatic N) is 1. The molecular weight excluding hydrogens is 336 g/mol. The summed E-state index contributed by atoms with van der Waals surface area (Å²) >= 11 is 0. The fourth-order valence-electron chi connectivity index (χ4n) is 3.82. The van der Waals surface area contributed by atoms with Gasteiger partial charge in [0.1, 0.15) is 0 Å². The van der Waals surface area contributed by atoms with Gasteiger partial charge in [-0.25, -0.2) is 0 Å². The van der Waals surface area contributed by atoms with Crippen LogP contribution in [0.2, 0.25) is 0 Å². The highest BCUT2D eigenvalue weighted by Crippen LogP contribution is 2.30. The van der Waals surface area contributed by atoms with E-state index in [9.17, 15) is 9.59 Å². The summed E-state index contributed by atoms with van der Waals surface area (Å²) < 4.78 is 0. The van der Waals surface area contributed by atoms with Crippen LogP contribution in [-0.4, -0.2) is 18.4 Å². The lowest BCUT2D eigenvalue weighted by Gasteiger charge is -2.20. The molecule has 1 aliphatic rings. The molecule has 1 fully saturated rings. The van der Waals surface area contributed by atoms with Crippen molar-refractivity contribution in [3.63, 3.8) is 0 Å². The van der Waals surface area contributed by atoms with Gasteiger partial charge in [0, 0.05) is 24.3 Å². The largest absolute Gasteiger partial charge is 0.325 e. The van der Waals surface area contributed by atoms with E-state index in [1.165, 1.54) is 0 Å². The zero-order chi connectivity index (χ0) is 19.4. The Hall–Kier alpha value is -2.62. The van der Waals surface area contributed by atoms with Crippen molar-refractivity contribution in [2.45, 2.75) is 46.5 Å². The number of rotatable bonds is 6. The molecule has 4 heteroatoms. The number of carbonyl (C=O) groups excluding carboxylic acids is 2. The van der Waals surface area contributed by atoms with Crippen LogP contribution in [0.3, 0.4) is 0 Å². The second-order valence-corrected chi connectivity index (χ2v) is 7.04. The molecule has 0 saturated carbocycles. The van der Waals surface area contributed by atoms with Crippen molar-refractivity contribution < 1.29 is 9.59 Å². The fourth-order valence-corrected chi connectivity index (χ4v) is 3.82. The first kappa shape index (κ1) is 19.2. The van der Waals surface area contributed by atoms with Crippen LogP contribution in [0.25, 0.3) is 0 Å². The highest BCUT2D eigenvalue weighted by molar-refractivity contribution is 6.04. The Balaban J connectivity index is 1.79. The van der Waals surface area contributed by atoms with Crippen molar-refractivity contribution in [3.8, 4) is 0 Å². The number of amides is 2. The number of para-hydroxylation sites is 2. The van der Waals surface area contributed by atoms with Crippen LogP contribution in [-0.2, 0) is 28.9 Å². The molecule has 2 aromatic carbocycles. The van der Waals surface area contributed by atoms with Crippen LogP contribution >= 0.6 is 0 Å². The van der Waals surface area contributed by atoms with Gasteiger partial charge in [0.25, 0.3) is 0 Å². The van der Waals surface area contributed by atoms with Crippen LogP contribution in [0.5, 0.6) is 0 Å². The number of nitrogens with one attached hydrogen (secondary N) is 1. The zero-order valence-electron chi connectivity index (χ0n) is 16.4. The van der Waals surface area contributed by atoms with Gasteiger partial charge in [-0.15, -0.1) is 0 Å². The lowest BCUT2D eigenvalue weighted by molar-refractivity contribution is -0.122. The number of aryl methyl sites for hydroxylation is 3. The minimum Gasteiger partial charge on any atom is -0.325 e. The summed E-state index contributed by atoms with van der Waals surface area (Å²) in [5.41, 5.74) is 5.27. The van der Waals surface area contributed by atoms with Crippen molar-refractivity contribution in [3.05, 3.63) is 59.2 Å². The van der Waals surface area contributed by atoms with E-state index in [-0.39, 0.29) is 24.2 Å². The molecule has 1 saturated heterocycles.